The summed E-state index contributed by atoms with van der Waals surface area (Å²) in [6.07, 6.45) is 9.35. The van der Waals surface area contributed by atoms with Crippen LogP contribution in [0.15, 0.2) is 24.3 Å². The second-order valence-electron chi connectivity index (χ2n) is 5.87. The fourth-order valence-electron chi connectivity index (χ4n) is 2.48. The minimum Gasteiger partial charge on any atom is -0.399 e. The molecule has 0 saturated heterocycles. The number of nitrogens with zero attached hydrogens (tertiary/aromatic N) is 1. The molecule has 0 aliphatic carbocycles. The van der Waals surface area contributed by atoms with Gasteiger partial charge in [0.05, 0.1) is 0 Å². The Balaban J connectivity index is 2.16. The predicted octanol–water partition coefficient (Wildman–Crippen LogP) is 4.37. The van der Waals surface area contributed by atoms with Crippen LogP contribution in [0.4, 0.5) is 5.69 Å². The highest BCUT2D eigenvalue weighted by molar-refractivity contribution is 5.75. The van der Waals surface area contributed by atoms with E-state index in [1.54, 1.807) is 4.90 Å². The number of nitrogen functional groups attached to an aromatic ring is 1. The Hall–Kier alpha value is -1.51. The first-order chi connectivity index (χ1) is 10.1. The number of nitrogens with two attached hydrogens (primary N) is 1. The van der Waals surface area contributed by atoms with Crippen LogP contribution in [-0.4, -0.2) is 17.9 Å². The van der Waals surface area contributed by atoms with Crippen molar-refractivity contribution < 1.29 is 4.79 Å². The minimum atomic E-state index is 0.228. The Bertz CT molecular complexity index is 417. The first-order valence-corrected chi connectivity index (χ1v) is 8.22. The lowest BCUT2D eigenvalue weighted by Crippen LogP contribution is -2.25. The average Bonchev–Trinajstić information content (AvgIpc) is 2.46. The molecule has 0 unspecified atom stereocenters. The molecule has 0 atom stereocenters. The molecule has 1 aromatic rings. The molecular weight excluding hydrogens is 260 g/mol. The number of carbonyl (C=O) groups is 1. The van der Waals surface area contributed by atoms with Crippen LogP contribution in [0.1, 0.15) is 63.9 Å². The van der Waals surface area contributed by atoms with E-state index in [1.165, 1.54) is 38.5 Å². The van der Waals surface area contributed by atoms with Crippen LogP contribution in [0.2, 0.25) is 0 Å². The van der Waals surface area contributed by atoms with Gasteiger partial charge in [-0.15, -0.1) is 0 Å². The van der Waals surface area contributed by atoms with Crippen LogP contribution in [0.25, 0.3) is 0 Å². The molecule has 21 heavy (non-hydrogen) atoms. The summed E-state index contributed by atoms with van der Waals surface area (Å²) in [6, 6.07) is 7.73. The standard InChI is InChI=1S/C18H30N2O/c1-3-4-5-6-7-8-9-13-18(21)20(2)15-16-11-10-12-17(19)14-16/h10-12,14H,3-9,13,15,19H2,1-2H3. The Morgan fingerprint density at radius 1 is 1.10 bits per heavy atom. The van der Waals surface area contributed by atoms with Crippen molar-refractivity contribution in [1.82, 2.24) is 4.90 Å². The van der Waals surface area contributed by atoms with Gasteiger partial charge in [0.15, 0.2) is 0 Å². The molecule has 0 spiro atoms. The van der Waals surface area contributed by atoms with Gasteiger partial charge in [0.1, 0.15) is 0 Å². The lowest BCUT2D eigenvalue weighted by molar-refractivity contribution is -0.130. The SMILES string of the molecule is CCCCCCCCCC(=O)N(C)Cc1cccc(N)c1. The van der Waals surface area contributed by atoms with Crippen molar-refractivity contribution >= 4 is 11.6 Å². The molecule has 0 aromatic heterocycles. The average molecular weight is 290 g/mol. The first-order valence-electron chi connectivity index (χ1n) is 8.22. The number of hydrogen-bond donors (Lipinski definition) is 1. The van der Waals surface area contributed by atoms with Gasteiger partial charge in [0.2, 0.25) is 5.91 Å². The molecule has 0 aliphatic rings. The monoisotopic (exact) mass is 290 g/mol. The van der Waals surface area contributed by atoms with Crippen LogP contribution >= 0.6 is 0 Å². The zero-order valence-corrected chi connectivity index (χ0v) is 13.6. The number of unbranched alkanes of at least 4 members (excludes halogenated alkanes) is 6. The van der Waals surface area contributed by atoms with Gasteiger partial charge in [-0.2, -0.15) is 0 Å². The molecule has 0 radical (unpaired) electrons. The summed E-state index contributed by atoms with van der Waals surface area (Å²) in [4.78, 5) is 13.9. The van der Waals surface area contributed by atoms with Crippen molar-refractivity contribution in [2.45, 2.75) is 64.8 Å². The van der Waals surface area contributed by atoms with Crippen LogP contribution in [0.3, 0.4) is 0 Å². The van der Waals surface area contributed by atoms with Gasteiger partial charge in [0, 0.05) is 25.7 Å². The summed E-state index contributed by atoms with van der Waals surface area (Å²) in [6.45, 7) is 2.87. The molecule has 118 valence electrons. The van der Waals surface area contributed by atoms with Gasteiger partial charge < -0.3 is 10.6 Å². The van der Waals surface area contributed by atoms with Gasteiger partial charge in [-0.3, -0.25) is 4.79 Å². The number of rotatable bonds is 10. The zero-order valence-electron chi connectivity index (χ0n) is 13.6. The van der Waals surface area contributed by atoms with Crippen molar-refractivity contribution in [2.24, 2.45) is 0 Å². The molecule has 0 fully saturated rings. The Morgan fingerprint density at radius 3 is 2.43 bits per heavy atom. The third kappa shape index (κ3) is 7.74. The van der Waals surface area contributed by atoms with Gasteiger partial charge in [-0.1, -0.05) is 57.6 Å². The fraction of sp³-hybridized carbons (Fsp3) is 0.611. The highest BCUT2D eigenvalue weighted by Crippen LogP contribution is 2.12. The molecular formula is C18H30N2O. The molecule has 3 heteroatoms. The summed E-state index contributed by atoms with van der Waals surface area (Å²) in [5.41, 5.74) is 7.59. The van der Waals surface area contributed by atoms with Crippen LogP contribution < -0.4 is 5.73 Å². The van der Waals surface area contributed by atoms with Gasteiger partial charge in [0.25, 0.3) is 0 Å². The van der Waals surface area contributed by atoms with E-state index in [0.717, 1.165) is 17.7 Å². The summed E-state index contributed by atoms with van der Waals surface area (Å²) in [7, 11) is 1.87. The Labute approximate surface area is 129 Å². The number of carbonyl (C=O) groups excluding carboxylic acids is 1. The number of amides is 1. The van der Waals surface area contributed by atoms with Gasteiger partial charge >= 0.3 is 0 Å². The van der Waals surface area contributed by atoms with Gasteiger partial charge in [-0.25, -0.2) is 0 Å². The van der Waals surface area contributed by atoms with Gasteiger partial charge in [-0.05, 0) is 24.1 Å². The summed E-state index contributed by atoms with van der Waals surface area (Å²) < 4.78 is 0. The number of anilines is 1. The van der Waals surface area contributed by atoms with Crippen molar-refractivity contribution in [1.29, 1.82) is 0 Å². The third-order valence-electron chi connectivity index (χ3n) is 3.79. The van der Waals surface area contributed by atoms with E-state index >= 15 is 0 Å². The molecule has 3 nitrogen and oxygen atoms in total. The number of hydrogen-bond acceptors (Lipinski definition) is 2. The fourth-order valence-corrected chi connectivity index (χ4v) is 2.48. The van der Waals surface area contributed by atoms with E-state index < -0.39 is 0 Å². The maximum absolute atomic E-state index is 12.1. The normalized spacial score (nSPS) is 10.6. The summed E-state index contributed by atoms with van der Waals surface area (Å²) in [5, 5.41) is 0. The van der Waals surface area contributed by atoms with E-state index in [-0.39, 0.29) is 5.91 Å². The van der Waals surface area contributed by atoms with E-state index in [4.69, 9.17) is 5.73 Å². The third-order valence-corrected chi connectivity index (χ3v) is 3.79. The first kappa shape index (κ1) is 17.5. The van der Waals surface area contributed by atoms with Crippen molar-refractivity contribution in [3.05, 3.63) is 29.8 Å². The second-order valence-corrected chi connectivity index (χ2v) is 5.87. The Kier molecular flexibility index (Phi) is 8.56. The van der Waals surface area contributed by atoms with Crippen LogP contribution in [0.5, 0.6) is 0 Å². The summed E-state index contributed by atoms with van der Waals surface area (Å²) in [5.74, 6) is 0.228. The lowest BCUT2D eigenvalue weighted by atomic mass is 10.1. The zero-order chi connectivity index (χ0) is 15.5. The van der Waals surface area contributed by atoms with Crippen LogP contribution in [-0.2, 0) is 11.3 Å². The molecule has 2 N–H and O–H groups in total. The van der Waals surface area contributed by atoms with Crippen LogP contribution in [0, 0.1) is 0 Å². The Morgan fingerprint density at radius 2 is 1.76 bits per heavy atom. The lowest BCUT2D eigenvalue weighted by Gasteiger charge is -2.17. The maximum Gasteiger partial charge on any atom is 0.222 e. The second kappa shape index (κ2) is 10.3. The molecule has 1 rings (SSSR count). The molecule has 0 bridgehead atoms. The quantitative estimate of drug-likeness (QED) is 0.514. The minimum absolute atomic E-state index is 0.228. The van der Waals surface area contributed by atoms with E-state index in [9.17, 15) is 4.79 Å². The van der Waals surface area contributed by atoms with Crippen molar-refractivity contribution in [3.63, 3.8) is 0 Å². The predicted molar refractivity (Wildman–Crippen MR) is 89.9 cm³/mol. The molecule has 0 saturated carbocycles. The summed E-state index contributed by atoms with van der Waals surface area (Å²) >= 11 is 0. The van der Waals surface area contributed by atoms with E-state index in [1.807, 2.05) is 31.3 Å². The van der Waals surface area contributed by atoms with E-state index in [2.05, 4.69) is 6.92 Å². The topological polar surface area (TPSA) is 46.3 Å². The van der Waals surface area contributed by atoms with Crippen molar-refractivity contribution in [3.8, 4) is 0 Å². The maximum atomic E-state index is 12.1. The largest absolute Gasteiger partial charge is 0.399 e. The molecule has 0 aliphatic heterocycles. The molecule has 1 amide bonds. The highest BCUT2D eigenvalue weighted by atomic mass is 16.2. The smallest absolute Gasteiger partial charge is 0.222 e. The number of benzene rings is 1. The molecule has 0 heterocycles. The molecule has 1 aromatic carbocycles. The van der Waals surface area contributed by atoms with E-state index in [0.29, 0.717) is 13.0 Å². The van der Waals surface area contributed by atoms with Crippen molar-refractivity contribution in [2.75, 3.05) is 12.8 Å². The highest BCUT2D eigenvalue weighted by Gasteiger charge is 2.08.